The molecule has 1 aliphatic heterocycles. The summed E-state index contributed by atoms with van der Waals surface area (Å²) < 4.78 is 26.7. The number of anilines is 1. The van der Waals surface area contributed by atoms with Crippen molar-refractivity contribution in [2.24, 2.45) is 5.92 Å². The van der Waals surface area contributed by atoms with E-state index in [0.717, 1.165) is 0 Å². The third-order valence-corrected chi connectivity index (χ3v) is 6.06. The van der Waals surface area contributed by atoms with Gasteiger partial charge >= 0.3 is 0 Å². The van der Waals surface area contributed by atoms with E-state index in [-0.39, 0.29) is 12.0 Å². The minimum absolute atomic E-state index is 0.189. The van der Waals surface area contributed by atoms with Gasteiger partial charge in [-0.25, -0.2) is 8.42 Å². The maximum atomic E-state index is 12.6. The van der Waals surface area contributed by atoms with Gasteiger partial charge in [0.05, 0.1) is 11.0 Å². The van der Waals surface area contributed by atoms with Crippen LogP contribution in [0.1, 0.15) is 25.3 Å². The largest absolute Gasteiger partial charge is 0.399 e. The molecule has 1 heterocycles. The third kappa shape index (κ3) is 2.97. The number of nitrogens with zero attached hydrogens (tertiary/aromatic N) is 1. The fourth-order valence-corrected chi connectivity index (χ4v) is 4.38. The van der Waals surface area contributed by atoms with Gasteiger partial charge in [-0.05, 0) is 56.4 Å². The summed E-state index contributed by atoms with van der Waals surface area (Å²) in [6.07, 6.45) is 1.02. The minimum Gasteiger partial charge on any atom is -0.399 e. The van der Waals surface area contributed by atoms with E-state index in [9.17, 15) is 13.5 Å². The van der Waals surface area contributed by atoms with Crippen molar-refractivity contribution in [3.05, 3.63) is 23.8 Å². The maximum Gasteiger partial charge on any atom is 0.243 e. The summed E-state index contributed by atoms with van der Waals surface area (Å²) in [4.78, 5) is 0.321. The molecule has 0 aromatic heterocycles. The number of nitrogens with two attached hydrogens (primary N) is 1. The summed E-state index contributed by atoms with van der Waals surface area (Å²) in [5.74, 6) is 0.189. The lowest BCUT2D eigenvalue weighted by Gasteiger charge is -2.32. The zero-order valence-electron chi connectivity index (χ0n) is 11.9. The first kappa shape index (κ1) is 15.3. The van der Waals surface area contributed by atoms with E-state index in [1.807, 2.05) is 0 Å². The van der Waals surface area contributed by atoms with Crippen LogP contribution in [0, 0.1) is 12.8 Å². The van der Waals surface area contributed by atoms with E-state index in [1.54, 1.807) is 32.0 Å². The molecular weight excluding hydrogens is 276 g/mol. The Hall–Kier alpha value is -1.11. The zero-order chi connectivity index (χ0) is 14.9. The van der Waals surface area contributed by atoms with E-state index in [2.05, 4.69) is 0 Å². The van der Waals surface area contributed by atoms with Gasteiger partial charge in [-0.1, -0.05) is 0 Å². The fourth-order valence-electron chi connectivity index (χ4n) is 2.70. The smallest absolute Gasteiger partial charge is 0.243 e. The molecule has 112 valence electrons. The predicted molar refractivity (Wildman–Crippen MR) is 78.8 cm³/mol. The van der Waals surface area contributed by atoms with Crippen molar-refractivity contribution in [2.75, 3.05) is 18.8 Å². The van der Waals surface area contributed by atoms with Crippen LogP contribution in [0.2, 0.25) is 0 Å². The van der Waals surface area contributed by atoms with Crippen molar-refractivity contribution in [3.8, 4) is 0 Å². The number of aryl methyl sites for hydroxylation is 1. The van der Waals surface area contributed by atoms with E-state index in [4.69, 9.17) is 5.73 Å². The standard InChI is InChI=1S/C14H22N2O3S/c1-10-9-13(15)3-4-14(10)20(18,19)16-7-5-12(6-8-16)11(2)17/h3-4,9,11-12,17H,5-8,15H2,1-2H3. The van der Waals surface area contributed by atoms with Crippen molar-refractivity contribution >= 4 is 15.7 Å². The van der Waals surface area contributed by atoms with Crippen LogP contribution in [0.5, 0.6) is 0 Å². The van der Waals surface area contributed by atoms with Crippen molar-refractivity contribution in [1.29, 1.82) is 0 Å². The molecule has 0 bridgehead atoms. The molecule has 2 rings (SSSR count). The Bertz CT molecular complexity index is 576. The fraction of sp³-hybridized carbons (Fsp3) is 0.571. The number of aliphatic hydroxyl groups excluding tert-OH is 1. The number of hydrogen-bond acceptors (Lipinski definition) is 4. The lowest BCUT2D eigenvalue weighted by Crippen LogP contribution is -2.40. The molecule has 1 atom stereocenters. The molecular formula is C14H22N2O3S. The number of rotatable bonds is 3. The molecule has 3 N–H and O–H groups in total. The maximum absolute atomic E-state index is 12.6. The van der Waals surface area contributed by atoms with E-state index < -0.39 is 10.0 Å². The van der Waals surface area contributed by atoms with Crippen molar-refractivity contribution in [1.82, 2.24) is 4.31 Å². The summed E-state index contributed by atoms with van der Waals surface area (Å²) in [7, 11) is -3.46. The number of piperidine rings is 1. The number of sulfonamides is 1. The Kier molecular flexibility index (Phi) is 4.36. The summed E-state index contributed by atoms with van der Waals surface area (Å²) in [6, 6.07) is 4.86. The summed E-state index contributed by atoms with van der Waals surface area (Å²) in [6.45, 7) is 4.44. The Morgan fingerprint density at radius 1 is 1.35 bits per heavy atom. The number of aliphatic hydroxyl groups is 1. The lowest BCUT2D eigenvalue weighted by atomic mass is 9.93. The van der Waals surface area contributed by atoms with Crippen LogP contribution in [0.4, 0.5) is 5.69 Å². The molecule has 0 radical (unpaired) electrons. The summed E-state index contributed by atoms with van der Waals surface area (Å²) in [5, 5.41) is 9.58. The van der Waals surface area contributed by atoms with E-state index in [0.29, 0.717) is 42.1 Å². The quantitative estimate of drug-likeness (QED) is 0.825. The third-order valence-electron chi connectivity index (χ3n) is 4.00. The first-order chi connectivity index (χ1) is 9.32. The Morgan fingerprint density at radius 2 is 1.95 bits per heavy atom. The summed E-state index contributed by atoms with van der Waals surface area (Å²) in [5.41, 5.74) is 6.90. The van der Waals surface area contributed by atoms with Crippen LogP contribution in [0.15, 0.2) is 23.1 Å². The van der Waals surface area contributed by atoms with Gasteiger partial charge in [0.2, 0.25) is 10.0 Å². The highest BCUT2D eigenvalue weighted by Gasteiger charge is 2.31. The molecule has 5 nitrogen and oxygen atoms in total. The van der Waals surface area contributed by atoms with Crippen molar-refractivity contribution < 1.29 is 13.5 Å². The van der Waals surface area contributed by atoms with Crippen LogP contribution in [-0.2, 0) is 10.0 Å². The molecule has 20 heavy (non-hydrogen) atoms. The van der Waals surface area contributed by atoms with Crippen LogP contribution in [0.25, 0.3) is 0 Å². The first-order valence-electron chi connectivity index (χ1n) is 6.86. The number of nitrogen functional groups attached to an aromatic ring is 1. The van der Waals surface area contributed by atoms with Gasteiger partial charge in [0.25, 0.3) is 0 Å². The molecule has 0 amide bonds. The topological polar surface area (TPSA) is 83.6 Å². The first-order valence-corrected chi connectivity index (χ1v) is 8.30. The van der Waals surface area contributed by atoms with Crippen LogP contribution in [-0.4, -0.2) is 37.0 Å². The average molecular weight is 298 g/mol. The molecule has 1 fully saturated rings. The van der Waals surface area contributed by atoms with E-state index >= 15 is 0 Å². The van der Waals surface area contributed by atoms with Gasteiger partial charge in [0.15, 0.2) is 0 Å². The molecule has 0 aliphatic carbocycles. The molecule has 1 aromatic carbocycles. The van der Waals surface area contributed by atoms with Gasteiger partial charge in [-0.3, -0.25) is 0 Å². The molecule has 0 saturated carbocycles. The second kappa shape index (κ2) is 5.71. The van der Waals surface area contributed by atoms with Gasteiger partial charge < -0.3 is 10.8 Å². The van der Waals surface area contributed by atoms with Crippen LogP contribution in [0.3, 0.4) is 0 Å². The Balaban J connectivity index is 2.20. The van der Waals surface area contributed by atoms with Gasteiger partial charge in [-0.2, -0.15) is 4.31 Å². The highest BCUT2D eigenvalue weighted by atomic mass is 32.2. The molecule has 1 unspecified atom stereocenters. The van der Waals surface area contributed by atoms with E-state index in [1.165, 1.54) is 4.31 Å². The van der Waals surface area contributed by atoms with Gasteiger partial charge in [0.1, 0.15) is 0 Å². The lowest BCUT2D eigenvalue weighted by molar-refractivity contribution is 0.0912. The molecule has 6 heteroatoms. The zero-order valence-corrected chi connectivity index (χ0v) is 12.7. The molecule has 1 saturated heterocycles. The van der Waals surface area contributed by atoms with Gasteiger partial charge in [0, 0.05) is 18.8 Å². The highest BCUT2D eigenvalue weighted by molar-refractivity contribution is 7.89. The Morgan fingerprint density at radius 3 is 2.45 bits per heavy atom. The molecule has 0 spiro atoms. The summed E-state index contributed by atoms with van der Waals surface area (Å²) >= 11 is 0. The minimum atomic E-state index is -3.46. The number of benzene rings is 1. The predicted octanol–water partition coefficient (Wildman–Crippen LogP) is 1.36. The van der Waals surface area contributed by atoms with Crippen molar-refractivity contribution in [3.63, 3.8) is 0 Å². The van der Waals surface area contributed by atoms with Crippen LogP contribution >= 0.6 is 0 Å². The molecule has 1 aliphatic rings. The van der Waals surface area contributed by atoms with Crippen molar-refractivity contribution in [2.45, 2.75) is 37.7 Å². The number of hydrogen-bond donors (Lipinski definition) is 2. The molecule has 1 aromatic rings. The average Bonchev–Trinajstić information content (AvgIpc) is 2.38. The normalized spacial score (nSPS) is 19.9. The second-order valence-corrected chi connectivity index (χ2v) is 7.41. The SMILES string of the molecule is Cc1cc(N)ccc1S(=O)(=O)N1CCC(C(C)O)CC1. The second-order valence-electron chi connectivity index (χ2n) is 5.51. The Labute approximate surface area is 120 Å². The monoisotopic (exact) mass is 298 g/mol. The van der Waals surface area contributed by atoms with Gasteiger partial charge in [-0.15, -0.1) is 0 Å². The van der Waals surface area contributed by atoms with Crippen LogP contribution < -0.4 is 5.73 Å². The highest BCUT2D eigenvalue weighted by Crippen LogP contribution is 2.27.